The van der Waals surface area contributed by atoms with Crippen LogP contribution >= 0.6 is 0 Å². The minimum Gasteiger partial charge on any atom is -0.348 e. The lowest BCUT2D eigenvalue weighted by molar-refractivity contribution is -0.124. The molecule has 2 aromatic rings. The molecule has 0 aliphatic heterocycles. The molecule has 0 aliphatic carbocycles. The number of anilines is 1. The van der Waals surface area contributed by atoms with Gasteiger partial charge in [0.2, 0.25) is 5.91 Å². The Morgan fingerprint density at radius 2 is 1.56 bits per heavy atom. The standard InChI is InChI=1S/C19H24N4O2/c1-13(2)17(23-19(25)22-16-7-5-4-6-8-16)18(24)21-14(3)15-9-11-20-12-10-15/h4-14,17H,1-3H3,(H,21,24)(H2,22,23,25). The van der Waals surface area contributed by atoms with E-state index in [2.05, 4.69) is 20.9 Å². The van der Waals surface area contributed by atoms with Crippen molar-refractivity contribution in [2.45, 2.75) is 32.9 Å². The number of hydrogen-bond donors (Lipinski definition) is 3. The van der Waals surface area contributed by atoms with E-state index in [0.29, 0.717) is 5.69 Å². The Hall–Kier alpha value is -2.89. The Kier molecular flexibility index (Phi) is 6.51. The van der Waals surface area contributed by atoms with Crippen LogP contribution < -0.4 is 16.0 Å². The molecular weight excluding hydrogens is 316 g/mol. The van der Waals surface area contributed by atoms with Crippen LogP contribution in [0.3, 0.4) is 0 Å². The van der Waals surface area contributed by atoms with Crippen molar-refractivity contribution in [1.82, 2.24) is 15.6 Å². The molecule has 132 valence electrons. The molecule has 0 spiro atoms. The van der Waals surface area contributed by atoms with Gasteiger partial charge >= 0.3 is 6.03 Å². The lowest BCUT2D eigenvalue weighted by Crippen LogP contribution is -2.51. The van der Waals surface area contributed by atoms with E-state index in [4.69, 9.17) is 0 Å². The van der Waals surface area contributed by atoms with E-state index < -0.39 is 12.1 Å². The van der Waals surface area contributed by atoms with Crippen LogP contribution in [0, 0.1) is 5.92 Å². The zero-order valence-corrected chi connectivity index (χ0v) is 14.7. The van der Waals surface area contributed by atoms with E-state index in [0.717, 1.165) is 5.56 Å². The first kappa shape index (κ1) is 18.4. The number of rotatable bonds is 6. The zero-order chi connectivity index (χ0) is 18.2. The van der Waals surface area contributed by atoms with Crippen LogP contribution in [0.5, 0.6) is 0 Å². The van der Waals surface area contributed by atoms with Crippen LogP contribution in [0.2, 0.25) is 0 Å². The topological polar surface area (TPSA) is 83.1 Å². The Labute approximate surface area is 148 Å². The molecule has 0 saturated carbocycles. The largest absolute Gasteiger partial charge is 0.348 e. The number of para-hydroxylation sites is 1. The second-order valence-corrected chi connectivity index (χ2v) is 6.20. The molecule has 1 heterocycles. The van der Waals surface area contributed by atoms with E-state index in [-0.39, 0.29) is 17.9 Å². The normalized spacial score (nSPS) is 13.0. The molecular formula is C19H24N4O2. The Bertz CT molecular complexity index is 689. The molecule has 0 bridgehead atoms. The van der Waals surface area contributed by atoms with Crippen LogP contribution in [0.25, 0.3) is 0 Å². The highest BCUT2D eigenvalue weighted by Gasteiger charge is 2.25. The number of carbonyl (C=O) groups excluding carboxylic acids is 2. The van der Waals surface area contributed by atoms with Crippen molar-refractivity contribution in [2.24, 2.45) is 5.92 Å². The molecule has 0 fully saturated rings. The van der Waals surface area contributed by atoms with Crippen molar-refractivity contribution in [3.05, 3.63) is 60.4 Å². The van der Waals surface area contributed by atoms with Gasteiger partial charge in [0.1, 0.15) is 6.04 Å². The second kappa shape index (κ2) is 8.82. The summed E-state index contributed by atoms with van der Waals surface area (Å²) in [6.45, 7) is 5.68. The average Bonchev–Trinajstić information content (AvgIpc) is 2.61. The van der Waals surface area contributed by atoms with E-state index >= 15 is 0 Å². The van der Waals surface area contributed by atoms with E-state index in [1.165, 1.54) is 0 Å². The van der Waals surface area contributed by atoms with Gasteiger partial charge in [-0.05, 0) is 42.7 Å². The fourth-order valence-electron chi connectivity index (χ4n) is 2.40. The molecule has 3 N–H and O–H groups in total. The number of urea groups is 1. The van der Waals surface area contributed by atoms with E-state index in [1.54, 1.807) is 24.5 Å². The number of aromatic nitrogens is 1. The van der Waals surface area contributed by atoms with Gasteiger partial charge in [0, 0.05) is 18.1 Å². The van der Waals surface area contributed by atoms with Gasteiger partial charge in [-0.1, -0.05) is 32.0 Å². The Morgan fingerprint density at radius 1 is 0.920 bits per heavy atom. The molecule has 1 aromatic carbocycles. The van der Waals surface area contributed by atoms with Gasteiger partial charge in [-0.3, -0.25) is 9.78 Å². The first-order valence-electron chi connectivity index (χ1n) is 8.30. The van der Waals surface area contributed by atoms with E-state index in [9.17, 15) is 9.59 Å². The number of benzene rings is 1. The minimum absolute atomic E-state index is 0.0498. The fourth-order valence-corrected chi connectivity index (χ4v) is 2.40. The summed E-state index contributed by atoms with van der Waals surface area (Å²) in [5.74, 6) is -0.270. The predicted octanol–water partition coefficient (Wildman–Crippen LogP) is 3.11. The van der Waals surface area contributed by atoms with Crippen molar-refractivity contribution in [3.8, 4) is 0 Å². The number of carbonyl (C=O) groups is 2. The third kappa shape index (κ3) is 5.60. The van der Waals surface area contributed by atoms with Gasteiger partial charge in [-0.2, -0.15) is 0 Å². The molecule has 2 rings (SSSR count). The maximum absolute atomic E-state index is 12.6. The molecule has 0 radical (unpaired) electrons. The predicted molar refractivity (Wildman–Crippen MR) is 98.0 cm³/mol. The van der Waals surface area contributed by atoms with Crippen LogP contribution in [0.1, 0.15) is 32.4 Å². The van der Waals surface area contributed by atoms with Gasteiger partial charge in [0.05, 0.1) is 6.04 Å². The molecule has 6 heteroatoms. The lowest BCUT2D eigenvalue weighted by atomic mass is 10.0. The first-order valence-corrected chi connectivity index (χ1v) is 8.30. The van der Waals surface area contributed by atoms with Crippen LogP contribution in [-0.4, -0.2) is 23.0 Å². The van der Waals surface area contributed by atoms with Gasteiger partial charge in [0.15, 0.2) is 0 Å². The monoisotopic (exact) mass is 340 g/mol. The summed E-state index contributed by atoms with van der Waals surface area (Å²) in [5, 5.41) is 8.41. The quantitative estimate of drug-likeness (QED) is 0.755. The van der Waals surface area contributed by atoms with Crippen LogP contribution in [-0.2, 0) is 4.79 Å². The van der Waals surface area contributed by atoms with Crippen LogP contribution in [0.15, 0.2) is 54.9 Å². The maximum Gasteiger partial charge on any atom is 0.319 e. The minimum atomic E-state index is -0.631. The number of nitrogens with one attached hydrogen (secondary N) is 3. The molecule has 2 atom stereocenters. The summed E-state index contributed by atoms with van der Waals surface area (Å²) >= 11 is 0. The molecule has 0 aliphatic rings. The molecule has 3 amide bonds. The smallest absolute Gasteiger partial charge is 0.319 e. The van der Waals surface area contributed by atoms with Gasteiger partial charge < -0.3 is 16.0 Å². The number of nitrogens with zero attached hydrogens (tertiary/aromatic N) is 1. The SMILES string of the molecule is CC(NC(=O)C(NC(=O)Nc1ccccc1)C(C)C)c1ccncc1. The Morgan fingerprint density at radius 3 is 2.16 bits per heavy atom. The summed E-state index contributed by atoms with van der Waals surface area (Å²) < 4.78 is 0. The van der Waals surface area contributed by atoms with Gasteiger partial charge in [-0.25, -0.2) is 4.79 Å². The Balaban J connectivity index is 1.97. The third-order valence-corrected chi connectivity index (χ3v) is 3.83. The van der Waals surface area contributed by atoms with Crippen molar-refractivity contribution >= 4 is 17.6 Å². The molecule has 1 aromatic heterocycles. The van der Waals surface area contributed by atoms with Gasteiger partial charge in [-0.15, -0.1) is 0 Å². The average molecular weight is 340 g/mol. The molecule has 6 nitrogen and oxygen atoms in total. The summed E-state index contributed by atoms with van der Waals surface area (Å²) in [6.07, 6.45) is 3.37. The second-order valence-electron chi connectivity index (χ2n) is 6.20. The van der Waals surface area contributed by atoms with E-state index in [1.807, 2.05) is 51.1 Å². The lowest BCUT2D eigenvalue weighted by Gasteiger charge is -2.24. The first-order chi connectivity index (χ1) is 12.0. The zero-order valence-electron chi connectivity index (χ0n) is 14.7. The van der Waals surface area contributed by atoms with Gasteiger partial charge in [0.25, 0.3) is 0 Å². The summed E-state index contributed by atoms with van der Waals surface area (Å²) in [6, 6.07) is 11.6. The summed E-state index contributed by atoms with van der Waals surface area (Å²) in [4.78, 5) is 28.7. The van der Waals surface area contributed by atoms with Crippen molar-refractivity contribution < 1.29 is 9.59 Å². The summed E-state index contributed by atoms with van der Waals surface area (Å²) in [7, 11) is 0. The highest BCUT2D eigenvalue weighted by molar-refractivity contribution is 5.93. The van der Waals surface area contributed by atoms with Crippen molar-refractivity contribution in [1.29, 1.82) is 0 Å². The highest BCUT2D eigenvalue weighted by atomic mass is 16.2. The highest BCUT2D eigenvalue weighted by Crippen LogP contribution is 2.12. The molecule has 0 saturated heterocycles. The van der Waals surface area contributed by atoms with Crippen molar-refractivity contribution in [3.63, 3.8) is 0 Å². The molecule has 25 heavy (non-hydrogen) atoms. The third-order valence-electron chi connectivity index (χ3n) is 3.83. The molecule has 2 unspecified atom stereocenters. The number of amides is 3. The number of pyridine rings is 1. The fraction of sp³-hybridized carbons (Fsp3) is 0.316. The van der Waals surface area contributed by atoms with Crippen molar-refractivity contribution in [2.75, 3.05) is 5.32 Å². The maximum atomic E-state index is 12.6. The van der Waals surface area contributed by atoms with Crippen LogP contribution in [0.4, 0.5) is 10.5 Å². The number of hydrogen-bond acceptors (Lipinski definition) is 3. The summed E-state index contributed by atoms with van der Waals surface area (Å²) in [5.41, 5.74) is 1.63.